The van der Waals surface area contributed by atoms with Gasteiger partial charge in [0.15, 0.2) is 11.6 Å². The molecule has 3 atom stereocenters. The van der Waals surface area contributed by atoms with E-state index < -0.39 is 0 Å². The first-order valence-electron chi connectivity index (χ1n) is 8.87. The molecule has 2 aromatic rings. The third-order valence-electron chi connectivity index (χ3n) is 5.42. The van der Waals surface area contributed by atoms with Gasteiger partial charge in [-0.3, -0.25) is 4.79 Å². The van der Waals surface area contributed by atoms with Crippen LogP contribution < -0.4 is 10.2 Å². The van der Waals surface area contributed by atoms with Crippen LogP contribution in [0.4, 0.5) is 11.5 Å². The van der Waals surface area contributed by atoms with E-state index in [1.54, 1.807) is 25.3 Å². The Morgan fingerprint density at radius 1 is 1.24 bits per heavy atom. The van der Waals surface area contributed by atoms with E-state index in [-0.39, 0.29) is 29.7 Å². The van der Waals surface area contributed by atoms with Crippen LogP contribution in [0.15, 0.2) is 42.6 Å². The van der Waals surface area contributed by atoms with Crippen molar-refractivity contribution >= 4 is 17.4 Å². The maximum absolute atomic E-state index is 12.4. The molecule has 1 amide bonds. The fourth-order valence-corrected chi connectivity index (χ4v) is 4.17. The zero-order valence-electron chi connectivity index (χ0n) is 14.5. The summed E-state index contributed by atoms with van der Waals surface area (Å²) in [6.45, 7) is 3.84. The Kier molecular flexibility index (Phi) is 3.86. The number of amides is 1. The lowest BCUT2D eigenvalue weighted by Gasteiger charge is -2.45. The molecule has 4 rings (SSSR count). The molecule has 1 saturated carbocycles. The van der Waals surface area contributed by atoms with Crippen LogP contribution in [0.1, 0.15) is 38.3 Å². The summed E-state index contributed by atoms with van der Waals surface area (Å²) >= 11 is 0. The number of aromatic nitrogens is 1. The number of carbonyl (C=O) groups excluding carboxylic acids is 1. The number of aromatic hydroxyl groups is 1. The minimum Gasteiger partial charge on any atom is -0.504 e. The number of fused-ring (bicyclic) bond motifs is 1. The molecule has 5 nitrogen and oxygen atoms in total. The SMILES string of the molecule is CC(=O)N1c2ccccc2C(Nc2ncccc2O)[C@@H](C)[C@@H]1C1CC1. The quantitative estimate of drug-likeness (QED) is 0.896. The fraction of sp³-hybridized carbons (Fsp3) is 0.400. The van der Waals surface area contributed by atoms with Gasteiger partial charge in [0.2, 0.25) is 5.91 Å². The number of carbonyl (C=O) groups is 1. The number of anilines is 2. The van der Waals surface area contributed by atoms with Gasteiger partial charge < -0.3 is 15.3 Å². The number of para-hydroxylation sites is 1. The molecule has 1 unspecified atom stereocenters. The van der Waals surface area contributed by atoms with Gasteiger partial charge >= 0.3 is 0 Å². The van der Waals surface area contributed by atoms with Crippen molar-refractivity contribution in [2.45, 2.75) is 38.8 Å². The molecule has 2 aliphatic rings. The van der Waals surface area contributed by atoms with Gasteiger partial charge in [-0.05, 0) is 42.5 Å². The van der Waals surface area contributed by atoms with Crippen LogP contribution >= 0.6 is 0 Å². The Bertz CT molecular complexity index is 803. The number of nitrogens with one attached hydrogen (secondary N) is 1. The van der Waals surface area contributed by atoms with Gasteiger partial charge in [0.25, 0.3) is 0 Å². The van der Waals surface area contributed by atoms with E-state index in [1.807, 2.05) is 23.1 Å². The summed E-state index contributed by atoms with van der Waals surface area (Å²) in [6.07, 6.45) is 4.01. The largest absolute Gasteiger partial charge is 0.504 e. The van der Waals surface area contributed by atoms with Crippen molar-refractivity contribution in [1.82, 2.24) is 4.98 Å². The van der Waals surface area contributed by atoms with Crippen LogP contribution in [0.3, 0.4) is 0 Å². The molecular formula is C20H23N3O2. The summed E-state index contributed by atoms with van der Waals surface area (Å²) in [6, 6.07) is 11.6. The van der Waals surface area contributed by atoms with Crippen molar-refractivity contribution in [3.05, 3.63) is 48.2 Å². The smallest absolute Gasteiger partial charge is 0.224 e. The molecule has 1 aliphatic carbocycles. The molecular weight excluding hydrogens is 314 g/mol. The van der Waals surface area contributed by atoms with Crippen LogP contribution in [0, 0.1) is 11.8 Å². The number of rotatable bonds is 3. The van der Waals surface area contributed by atoms with Crippen LogP contribution in [0.2, 0.25) is 0 Å². The molecule has 1 fully saturated rings. The molecule has 2 N–H and O–H groups in total. The number of benzene rings is 1. The zero-order chi connectivity index (χ0) is 17.6. The maximum atomic E-state index is 12.4. The molecule has 25 heavy (non-hydrogen) atoms. The average Bonchev–Trinajstić information content (AvgIpc) is 3.43. The Hall–Kier alpha value is -2.56. The second-order valence-corrected chi connectivity index (χ2v) is 7.13. The minimum atomic E-state index is -0.00167. The van der Waals surface area contributed by atoms with Crippen LogP contribution in [0.25, 0.3) is 0 Å². The van der Waals surface area contributed by atoms with E-state index in [0.717, 1.165) is 11.3 Å². The van der Waals surface area contributed by atoms with E-state index in [9.17, 15) is 9.90 Å². The lowest BCUT2D eigenvalue weighted by molar-refractivity contribution is -0.117. The highest BCUT2D eigenvalue weighted by molar-refractivity contribution is 5.94. The van der Waals surface area contributed by atoms with Crippen LogP contribution in [-0.2, 0) is 4.79 Å². The third kappa shape index (κ3) is 2.73. The average molecular weight is 337 g/mol. The predicted octanol–water partition coefficient (Wildman–Crippen LogP) is 3.72. The molecule has 130 valence electrons. The van der Waals surface area contributed by atoms with Gasteiger partial charge in [-0.25, -0.2) is 4.98 Å². The molecule has 0 bridgehead atoms. The van der Waals surface area contributed by atoms with Crippen molar-refractivity contribution in [2.75, 3.05) is 10.2 Å². The van der Waals surface area contributed by atoms with Gasteiger partial charge in [0.1, 0.15) is 0 Å². The number of pyridine rings is 1. The highest BCUT2D eigenvalue weighted by atomic mass is 16.3. The third-order valence-corrected chi connectivity index (χ3v) is 5.42. The zero-order valence-corrected chi connectivity index (χ0v) is 14.5. The molecule has 2 heterocycles. The van der Waals surface area contributed by atoms with Gasteiger partial charge in [-0.1, -0.05) is 25.1 Å². The van der Waals surface area contributed by atoms with Crippen molar-refractivity contribution in [2.24, 2.45) is 11.8 Å². The fourth-order valence-electron chi connectivity index (χ4n) is 4.17. The Balaban J connectivity index is 1.79. The standard InChI is InChI=1S/C20H23N3O2/c1-12-18(22-20-17(25)8-5-11-21-20)15-6-3-4-7-16(15)23(13(2)24)19(12)14-9-10-14/h3-8,11-12,14,18-19,25H,9-10H2,1-2H3,(H,21,22)/t12-,18?,19-/m1/s1. The highest BCUT2D eigenvalue weighted by Crippen LogP contribution is 2.50. The molecule has 0 saturated heterocycles. The van der Waals surface area contributed by atoms with Gasteiger partial charge in [-0.2, -0.15) is 0 Å². The van der Waals surface area contributed by atoms with E-state index >= 15 is 0 Å². The van der Waals surface area contributed by atoms with Gasteiger partial charge in [-0.15, -0.1) is 0 Å². The summed E-state index contributed by atoms with van der Waals surface area (Å²) in [5.41, 5.74) is 2.05. The molecule has 1 aliphatic heterocycles. The maximum Gasteiger partial charge on any atom is 0.224 e. The lowest BCUT2D eigenvalue weighted by Crippen LogP contribution is -2.51. The van der Waals surface area contributed by atoms with Crippen LogP contribution in [0.5, 0.6) is 5.75 Å². The van der Waals surface area contributed by atoms with Crippen molar-refractivity contribution < 1.29 is 9.90 Å². The summed E-state index contributed by atoms with van der Waals surface area (Å²) in [7, 11) is 0. The summed E-state index contributed by atoms with van der Waals surface area (Å²) in [5, 5.41) is 13.5. The number of nitrogens with zero attached hydrogens (tertiary/aromatic N) is 2. The minimum absolute atomic E-state index is 0.00167. The van der Waals surface area contributed by atoms with Crippen molar-refractivity contribution in [3.8, 4) is 5.75 Å². The summed E-state index contributed by atoms with van der Waals surface area (Å²) < 4.78 is 0. The van der Waals surface area contributed by atoms with E-state index in [0.29, 0.717) is 11.7 Å². The first-order chi connectivity index (χ1) is 12.1. The Labute approximate surface area is 147 Å². The van der Waals surface area contributed by atoms with E-state index in [1.165, 1.54) is 12.8 Å². The summed E-state index contributed by atoms with van der Waals surface area (Å²) in [5.74, 6) is 1.49. The number of hydrogen-bond donors (Lipinski definition) is 2. The lowest BCUT2D eigenvalue weighted by atomic mass is 9.80. The first-order valence-corrected chi connectivity index (χ1v) is 8.87. The molecule has 0 spiro atoms. The van der Waals surface area contributed by atoms with Crippen LogP contribution in [-0.4, -0.2) is 22.0 Å². The second-order valence-electron chi connectivity index (χ2n) is 7.13. The summed E-state index contributed by atoms with van der Waals surface area (Å²) in [4.78, 5) is 18.7. The molecule has 1 aromatic heterocycles. The van der Waals surface area contributed by atoms with E-state index in [2.05, 4.69) is 23.3 Å². The second kappa shape index (κ2) is 6.06. The highest BCUT2D eigenvalue weighted by Gasteiger charge is 2.47. The van der Waals surface area contributed by atoms with Gasteiger partial charge in [0, 0.05) is 30.8 Å². The normalized spacial score (nSPS) is 25.4. The first kappa shape index (κ1) is 15.9. The van der Waals surface area contributed by atoms with Gasteiger partial charge in [0.05, 0.1) is 6.04 Å². The molecule has 1 aromatic carbocycles. The topological polar surface area (TPSA) is 65.5 Å². The van der Waals surface area contributed by atoms with Crippen molar-refractivity contribution in [1.29, 1.82) is 0 Å². The van der Waals surface area contributed by atoms with Crippen molar-refractivity contribution in [3.63, 3.8) is 0 Å². The monoisotopic (exact) mass is 337 g/mol. The Morgan fingerprint density at radius 2 is 2.00 bits per heavy atom. The predicted molar refractivity (Wildman–Crippen MR) is 97.5 cm³/mol. The van der Waals surface area contributed by atoms with E-state index in [4.69, 9.17) is 0 Å². The number of hydrogen-bond acceptors (Lipinski definition) is 4. The molecule has 5 heteroatoms. The Morgan fingerprint density at radius 3 is 2.68 bits per heavy atom. The molecule has 0 radical (unpaired) electrons.